The molecule has 6 heteroatoms. The first-order chi connectivity index (χ1) is 12.8. The molecule has 3 aromatic rings. The van der Waals surface area contributed by atoms with E-state index in [-0.39, 0.29) is 5.91 Å². The van der Waals surface area contributed by atoms with Crippen molar-refractivity contribution in [1.29, 1.82) is 0 Å². The van der Waals surface area contributed by atoms with Gasteiger partial charge >= 0.3 is 0 Å². The first-order valence-corrected chi connectivity index (χ1v) is 9.91. The minimum atomic E-state index is 0.172. The van der Waals surface area contributed by atoms with Gasteiger partial charge in [0.05, 0.1) is 11.4 Å². The van der Waals surface area contributed by atoms with Crippen LogP contribution < -0.4 is 0 Å². The molecule has 1 fully saturated rings. The number of amides is 1. The van der Waals surface area contributed by atoms with Crippen LogP contribution in [0.1, 0.15) is 33.9 Å². The zero-order valence-electron chi connectivity index (χ0n) is 14.6. The van der Waals surface area contributed by atoms with Crippen molar-refractivity contribution in [3.63, 3.8) is 0 Å². The first-order valence-electron chi connectivity index (χ1n) is 9.03. The number of benzene rings is 1. The molecule has 1 amide bonds. The number of carbonyl (C=O) groups excluding carboxylic acids is 1. The number of rotatable bonds is 5. The first kappa shape index (κ1) is 17.0. The average Bonchev–Trinajstić information content (AvgIpc) is 3.35. The van der Waals surface area contributed by atoms with Crippen LogP contribution in [-0.2, 0) is 13.0 Å². The average molecular weight is 366 g/mol. The predicted molar refractivity (Wildman–Crippen MR) is 102 cm³/mol. The van der Waals surface area contributed by atoms with Gasteiger partial charge in [0.2, 0.25) is 0 Å². The molecule has 5 nitrogen and oxygen atoms in total. The van der Waals surface area contributed by atoms with E-state index < -0.39 is 0 Å². The summed E-state index contributed by atoms with van der Waals surface area (Å²) in [6, 6.07) is 14.2. The fourth-order valence-electron chi connectivity index (χ4n) is 3.50. The molecular formula is C20H22N4OS. The van der Waals surface area contributed by atoms with E-state index in [2.05, 4.69) is 39.0 Å². The molecular weight excluding hydrogens is 344 g/mol. The molecule has 0 unspecified atom stereocenters. The Hall–Kier alpha value is -2.47. The third-order valence-electron chi connectivity index (χ3n) is 5.00. The second-order valence-electron chi connectivity index (χ2n) is 6.78. The normalized spacial score (nSPS) is 15.3. The van der Waals surface area contributed by atoms with Gasteiger partial charge in [0, 0.05) is 19.5 Å². The van der Waals surface area contributed by atoms with Crippen LogP contribution in [0.25, 0.3) is 0 Å². The van der Waals surface area contributed by atoms with Crippen LogP contribution in [0.4, 0.5) is 0 Å². The molecule has 2 aromatic heterocycles. The van der Waals surface area contributed by atoms with Gasteiger partial charge in [-0.1, -0.05) is 36.4 Å². The highest BCUT2D eigenvalue weighted by atomic mass is 32.1. The Bertz CT molecular complexity index is 836. The third kappa shape index (κ3) is 3.85. The van der Waals surface area contributed by atoms with E-state index in [9.17, 15) is 4.79 Å². The summed E-state index contributed by atoms with van der Waals surface area (Å²) >= 11 is 1.52. The van der Waals surface area contributed by atoms with Crippen LogP contribution in [-0.4, -0.2) is 38.7 Å². The summed E-state index contributed by atoms with van der Waals surface area (Å²) in [6.07, 6.45) is 4.79. The van der Waals surface area contributed by atoms with E-state index in [1.165, 1.54) is 16.9 Å². The number of aromatic nitrogens is 3. The quantitative estimate of drug-likeness (QED) is 0.695. The van der Waals surface area contributed by atoms with Gasteiger partial charge in [-0.25, -0.2) is 0 Å². The minimum absolute atomic E-state index is 0.172. The number of piperidine rings is 1. The monoisotopic (exact) mass is 366 g/mol. The van der Waals surface area contributed by atoms with E-state index >= 15 is 0 Å². The Kier molecular flexibility index (Phi) is 5.11. The summed E-state index contributed by atoms with van der Waals surface area (Å²) in [5.74, 6) is 1.77. The maximum atomic E-state index is 12.5. The lowest BCUT2D eigenvalue weighted by atomic mass is 9.93. The van der Waals surface area contributed by atoms with Crippen molar-refractivity contribution in [2.24, 2.45) is 5.92 Å². The second kappa shape index (κ2) is 7.83. The van der Waals surface area contributed by atoms with E-state index in [4.69, 9.17) is 0 Å². The van der Waals surface area contributed by atoms with Crippen molar-refractivity contribution in [3.05, 3.63) is 70.4 Å². The van der Waals surface area contributed by atoms with Crippen molar-refractivity contribution >= 4 is 17.2 Å². The van der Waals surface area contributed by atoms with Crippen LogP contribution >= 0.6 is 11.3 Å². The lowest BCUT2D eigenvalue weighted by Gasteiger charge is -2.31. The molecule has 0 atom stereocenters. The Morgan fingerprint density at radius 1 is 1.12 bits per heavy atom. The van der Waals surface area contributed by atoms with Gasteiger partial charge in [0.15, 0.2) is 0 Å². The number of hydrogen-bond donors (Lipinski definition) is 0. The highest BCUT2D eigenvalue weighted by Crippen LogP contribution is 2.23. The summed E-state index contributed by atoms with van der Waals surface area (Å²) in [6.45, 7) is 2.46. The molecule has 134 valence electrons. The van der Waals surface area contributed by atoms with Crippen LogP contribution in [0.15, 0.2) is 54.2 Å². The van der Waals surface area contributed by atoms with E-state index in [0.717, 1.165) is 49.6 Å². The van der Waals surface area contributed by atoms with Crippen LogP contribution in [0.5, 0.6) is 0 Å². The van der Waals surface area contributed by atoms with Gasteiger partial charge in [-0.15, -0.1) is 21.5 Å². The molecule has 0 aliphatic carbocycles. The number of thiophene rings is 1. The lowest BCUT2D eigenvalue weighted by molar-refractivity contribution is 0.0694. The molecule has 3 heterocycles. The van der Waals surface area contributed by atoms with Gasteiger partial charge < -0.3 is 9.47 Å². The topological polar surface area (TPSA) is 51.0 Å². The lowest BCUT2D eigenvalue weighted by Crippen LogP contribution is -2.38. The Morgan fingerprint density at radius 2 is 1.92 bits per heavy atom. The van der Waals surface area contributed by atoms with Crippen LogP contribution in [0, 0.1) is 5.92 Å². The SMILES string of the molecule is O=C(c1cccs1)N1CCC(Cc2nncn2Cc2ccccc2)CC1. The summed E-state index contributed by atoms with van der Waals surface area (Å²) in [7, 11) is 0. The van der Waals surface area contributed by atoms with Crippen molar-refractivity contribution in [2.45, 2.75) is 25.8 Å². The fraction of sp³-hybridized carbons (Fsp3) is 0.350. The van der Waals surface area contributed by atoms with Gasteiger partial charge in [0.1, 0.15) is 12.2 Å². The molecule has 0 N–H and O–H groups in total. The maximum absolute atomic E-state index is 12.5. The number of nitrogens with zero attached hydrogens (tertiary/aromatic N) is 4. The molecule has 1 aromatic carbocycles. The largest absolute Gasteiger partial charge is 0.338 e. The highest BCUT2D eigenvalue weighted by molar-refractivity contribution is 7.12. The summed E-state index contributed by atoms with van der Waals surface area (Å²) < 4.78 is 2.14. The van der Waals surface area contributed by atoms with E-state index in [1.807, 2.05) is 34.8 Å². The smallest absolute Gasteiger partial charge is 0.263 e. The van der Waals surface area contributed by atoms with Crippen molar-refractivity contribution in [1.82, 2.24) is 19.7 Å². The molecule has 0 bridgehead atoms. The van der Waals surface area contributed by atoms with Gasteiger partial charge in [-0.05, 0) is 35.8 Å². The number of carbonyl (C=O) groups is 1. The molecule has 1 aliphatic heterocycles. The van der Waals surface area contributed by atoms with Crippen molar-refractivity contribution in [3.8, 4) is 0 Å². The maximum Gasteiger partial charge on any atom is 0.263 e. The fourth-order valence-corrected chi connectivity index (χ4v) is 4.19. The Morgan fingerprint density at radius 3 is 2.65 bits per heavy atom. The van der Waals surface area contributed by atoms with Gasteiger partial charge in [0.25, 0.3) is 5.91 Å². The van der Waals surface area contributed by atoms with Crippen molar-refractivity contribution < 1.29 is 4.79 Å². The van der Waals surface area contributed by atoms with E-state index in [1.54, 1.807) is 0 Å². The molecule has 0 saturated carbocycles. The van der Waals surface area contributed by atoms with Gasteiger partial charge in [-0.2, -0.15) is 0 Å². The van der Waals surface area contributed by atoms with Crippen LogP contribution in [0.3, 0.4) is 0 Å². The molecule has 0 spiro atoms. The van der Waals surface area contributed by atoms with Crippen molar-refractivity contribution in [2.75, 3.05) is 13.1 Å². The summed E-state index contributed by atoms with van der Waals surface area (Å²) in [4.78, 5) is 15.3. The van der Waals surface area contributed by atoms with Gasteiger partial charge in [-0.3, -0.25) is 4.79 Å². The Balaban J connectivity index is 1.34. The molecule has 0 radical (unpaired) electrons. The summed E-state index contributed by atoms with van der Waals surface area (Å²) in [5.41, 5.74) is 1.25. The predicted octanol–water partition coefficient (Wildman–Crippen LogP) is 3.48. The summed E-state index contributed by atoms with van der Waals surface area (Å²) in [5, 5.41) is 10.4. The zero-order chi connectivity index (χ0) is 17.8. The molecule has 4 rings (SSSR count). The third-order valence-corrected chi connectivity index (χ3v) is 5.85. The standard InChI is InChI=1S/C20H22N4OS/c25-20(18-7-4-12-26-18)23-10-8-16(9-11-23)13-19-22-21-15-24(19)14-17-5-2-1-3-6-17/h1-7,12,15-16H,8-11,13-14H2. The minimum Gasteiger partial charge on any atom is -0.338 e. The van der Waals surface area contributed by atoms with E-state index in [0.29, 0.717) is 5.92 Å². The molecule has 1 aliphatic rings. The number of likely N-dealkylation sites (tertiary alicyclic amines) is 1. The zero-order valence-corrected chi connectivity index (χ0v) is 15.4. The second-order valence-corrected chi connectivity index (χ2v) is 7.73. The number of hydrogen-bond acceptors (Lipinski definition) is 4. The highest BCUT2D eigenvalue weighted by Gasteiger charge is 2.25. The molecule has 26 heavy (non-hydrogen) atoms. The van der Waals surface area contributed by atoms with Crippen LogP contribution in [0.2, 0.25) is 0 Å². The molecule has 1 saturated heterocycles. The Labute approximate surface area is 157 Å².